The summed E-state index contributed by atoms with van der Waals surface area (Å²) in [6.45, 7) is 7.12. The van der Waals surface area contributed by atoms with E-state index in [-0.39, 0.29) is 17.9 Å². The molecular formula is C12H20N2O2. The highest BCUT2D eigenvalue weighted by molar-refractivity contribution is 5.92. The van der Waals surface area contributed by atoms with E-state index in [9.17, 15) is 4.79 Å². The van der Waals surface area contributed by atoms with Gasteiger partial charge in [-0.15, -0.1) is 0 Å². The van der Waals surface area contributed by atoms with Gasteiger partial charge in [-0.2, -0.15) is 0 Å². The van der Waals surface area contributed by atoms with E-state index < -0.39 is 0 Å². The highest BCUT2D eigenvalue weighted by Gasteiger charge is 2.18. The number of nitrogens with zero attached hydrogens (tertiary/aromatic N) is 1. The number of hydrogen-bond donors (Lipinski definition) is 2. The maximum atomic E-state index is 11.8. The molecule has 2 N–H and O–H groups in total. The summed E-state index contributed by atoms with van der Waals surface area (Å²) in [4.78, 5) is 11.8. The summed E-state index contributed by atoms with van der Waals surface area (Å²) in [5.74, 6) is -0.0895. The third-order valence-corrected chi connectivity index (χ3v) is 2.56. The largest absolute Gasteiger partial charge is 0.396 e. The third-order valence-electron chi connectivity index (χ3n) is 2.56. The molecule has 16 heavy (non-hydrogen) atoms. The molecule has 1 heterocycles. The Labute approximate surface area is 96.3 Å². The lowest BCUT2D eigenvalue weighted by Crippen LogP contribution is -2.36. The number of carbonyl (C=O) groups is 1. The van der Waals surface area contributed by atoms with Crippen LogP contribution < -0.4 is 5.32 Å². The minimum Gasteiger partial charge on any atom is -0.396 e. The van der Waals surface area contributed by atoms with Crippen LogP contribution in [0.2, 0.25) is 0 Å². The average Bonchev–Trinajstić information content (AvgIpc) is 2.74. The summed E-state index contributed by atoms with van der Waals surface area (Å²) in [6.07, 6.45) is 1.88. The van der Waals surface area contributed by atoms with Crippen molar-refractivity contribution in [3.05, 3.63) is 24.0 Å². The van der Waals surface area contributed by atoms with Crippen LogP contribution in [0.1, 0.15) is 31.3 Å². The van der Waals surface area contributed by atoms with Gasteiger partial charge >= 0.3 is 0 Å². The summed E-state index contributed by atoms with van der Waals surface area (Å²) in [7, 11) is 0. The molecule has 0 spiro atoms. The quantitative estimate of drug-likeness (QED) is 0.791. The molecule has 0 unspecified atom stereocenters. The number of aliphatic hydroxyl groups is 1. The zero-order chi connectivity index (χ0) is 12.2. The topological polar surface area (TPSA) is 54.3 Å². The Hall–Kier alpha value is -1.29. The second kappa shape index (κ2) is 5.16. The van der Waals surface area contributed by atoms with Gasteiger partial charge in [-0.05, 0) is 19.1 Å². The predicted octanol–water partition coefficient (Wildman–Crippen LogP) is 1.26. The molecule has 0 aliphatic carbocycles. The number of aromatic nitrogens is 1. The number of nitrogens with one attached hydrogen (secondary N) is 1. The molecule has 0 aromatic carbocycles. The minimum absolute atomic E-state index is 0.0576. The van der Waals surface area contributed by atoms with Gasteiger partial charge in [0.25, 0.3) is 5.91 Å². The molecule has 1 amide bonds. The Kier molecular flexibility index (Phi) is 4.12. The fourth-order valence-corrected chi connectivity index (χ4v) is 1.36. The second-order valence-electron chi connectivity index (χ2n) is 4.68. The Morgan fingerprint density at radius 3 is 2.81 bits per heavy atom. The lowest BCUT2D eigenvalue weighted by molar-refractivity contribution is 0.0902. The van der Waals surface area contributed by atoms with Crippen molar-refractivity contribution in [1.29, 1.82) is 0 Å². The van der Waals surface area contributed by atoms with Crippen LogP contribution >= 0.6 is 0 Å². The molecular weight excluding hydrogens is 204 g/mol. The predicted molar refractivity (Wildman–Crippen MR) is 63.3 cm³/mol. The normalized spacial score (nSPS) is 11.5. The van der Waals surface area contributed by atoms with E-state index in [1.807, 2.05) is 37.6 Å². The zero-order valence-electron chi connectivity index (χ0n) is 10.2. The van der Waals surface area contributed by atoms with Gasteiger partial charge in [-0.3, -0.25) is 4.79 Å². The molecule has 1 aromatic rings. The summed E-state index contributed by atoms with van der Waals surface area (Å²) in [5, 5.41) is 11.9. The Bertz CT molecular complexity index is 356. The molecule has 0 aliphatic heterocycles. The number of aryl methyl sites for hydroxylation is 1. The van der Waals surface area contributed by atoms with Gasteiger partial charge in [0.05, 0.1) is 0 Å². The van der Waals surface area contributed by atoms with Gasteiger partial charge in [-0.1, -0.05) is 13.8 Å². The first kappa shape index (κ1) is 12.8. The number of carbonyl (C=O) groups excluding carboxylic acids is 1. The first-order chi connectivity index (χ1) is 7.50. The van der Waals surface area contributed by atoms with Crippen LogP contribution in [0, 0.1) is 5.41 Å². The van der Waals surface area contributed by atoms with E-state index in [0.29, 0.717) is 12.2 Å². The SMILES string of the molecule is CCn1cccc1C(=O)NCC(C)(C)CO. The van der Waals surface area contributed by atoms with Crippen LogP contribution in [0.3, 0.4) is 0 Å². The molecule has 4 heteroatoms. The van der Waals surface area contributed by atoms with Crippen LogP contribution in [-0.2, 0) is 6.54 Å². The molecule has 0 atom stereocenters. The Morgan fingerprint density at radius 2 is 2.25 bits per heavy atom. The van der Waals surface area contributed by atoms with Gasteiger partial charge in [0.15, 0.2) is 0 Å². The van der Waals surface area contributed by atoms with Gasteiger partial charge in [-0.25, -0.2) is 0 Å². The fourth-order valence-electron chi connectivity index (χ4n) is 1.36. The zero-order valence-corrected chi connectivity index (χ0v) is 10.2. The average molecular weight is 224 g/mol. The monoisotopic (exact) mass is 224 g/mol. The first-order valence-electron chi connectivity index (χ1n) is 5.54. The van der Waals surface area contributed by atoms with Crippen LogP contribution in [-0.4, -0.2) is 28.7 Å². The van der Waals surface area contributed by atoms with Crippen molar-refractivity contribution in [2.24, 2.45) is 5.41 Å². The molecule has 0 fully saturated rings. The molecule has 1 aromatic heterocycles. The third kappa shape index (κ3) is 3.10. The summed E-state index contributed by atoms with van der Waals surface area (Å²) in [5.41, 5.74) is 0.385. The van der Waals surface area contributed by atoms with E-state index >= 15 is 0 Å². The number of aliphatic hydroxyl groups excluding tert-OH is 1. The minimum atomic E-state index is -0.278. The second-order valence-corrected chi connectivity index (χ2v) is 4.68. The van der Waals surface area contributed by atoms with Gasteiger partial charge in [0.2, 0.25) is 0 Å². The van der Waals surface area contributed by atoms with Crippen LogP contribution in [0.5, 0.6) is 0 Å². The van der Waals surface area contributed by atoms with E-state index in [2.05, 4.69) is 5.32 Å². The summed E-state index contributed by atoms with van der Waals surface area (Å²) >= 11 is 0. The van der Waals surface area contributed by atoms with Gasteiger partial charge in [0.1, 0.15) is 5.69 Å². The van der Waals surface area contributed by atoms with E-state index in [1.54, 1.807) is 6.07 Å². The van der Waals surface area contributed by atoms with Crippen molar-refractivity contribution in [1.82, 2.24) is 9.88 Å². The molecule has 0 saturated carbocycles. The maximum Gasteiger partial charge on any atom is 0.267 e. The van der Waals surface area contributed by atoms with E-state index in [0.717, 1.165) is 6.54 Å². The smallest absolute Gasteiger partial charge is 0.267 e. The van der Waals surface area contributed by atoms with Crippen molar-refractivity contribution in [3.63, 3.8) is 0 Å². The number of hydrogen-bond acceptors (Lipinski definition) is 2. The van der Waals surface area contributed by atoms with Crippen molar-refractivity contribution in [2.45, 2.75) is 27.3 Å². The van der Waals surface area contributed by atoms with Crippen LogP contribution in [0.25, 0.3) is 0 Å². The van der Waals surface area contributed by atoms with E-state index in [1.165, 1.54) is 0 Å². The highest BCUT2D eigenvalue weighted by Crippen LogP contribution is 2.12. The first-order valence-corrected chi connectivity index (χ1v) is 5.54. The van der Waals surface area contributed by atoms with Crippen molar-refractivity contribution < 1.29 is 9.90 Å². The van der Waals surface area contributed by atoms with Crippen molar-refractivity contribution >= 4 is 5.91 Å². The van der Waals surface area contributed by atoms with Gasteiger partial charge < -0.3 is 15.0 Å². The molecule has 1 rings (SSSR count). The molecule has 0 aliphatic rings. The lowest BCUT2D eigenvalue weighted by Gasteiger charge is -2.21. The lowest BCUT2D eigenvalue weighted by atomic mass is 9.95. The summed E-state index contributed by atoms with van der Waals surface area (Å²) < 4.78 is 1.89. The molecule has 0 bridgehead atoms. The van der Waals surface area contributed by atoms with Crippen LogP contribution in [0.4, 0.5) is 0 Å². The number of rotatable bonds is 5. The number of amides is 1. The molecule has 90 valence electrons. The summed E-state index contributed by atoms with van der Waals surface area (Å²) in [6, 6.07) is 3.65. The van der Waals surface area contributed by atoms with Gasteiger partial charge in [0, 0.05) is 31.3 Å². The van der Waals surface area contributed by atoms with E-state index in [4.69, 9.17) is 5.11 Å². The molecule has 0 saturated heterocycles. The maximum absolute atomic E-state index is 11.8. The van der Waals surface area contributed by atoms with Crippen molar-refractivity contribution in [3.8, 4) is 0 Å². The molecule has 4 nitrogen and oxygen atoms in total. The van der Waals surface area contributed by atoms with Crippen molar-refractivity contribution in [2.75, 3.05) is 13.2 Å². The highest BCUT2D eigenvalue weighted by atomic mass is 16.3. The Balaban J connectivity index is 2.60. The standard InChI is InChI=1S/C12H20N2O2/c1-4-14-7-5-6-10(14)11(16)13-8-12(2,3)9-15/h5-7,15H,4,8-9H2,1-3H3,(H,13,16). The van der Waals surface area contributed by atoms with Crippen LogP contribution in [0.15, 0.2) is 18.3 Å². The fraction of sp³-hybridized carbons (Fsp3) is 0.583. The molecule has 0 radical (unpaired) electrons. The Morgan fingerprint density at radius 1 is 1.56 bits per heavy atom.